The summed E-state index contributed by atoms with van der Waals surface area (Å²) >= 11 is 0. The molecule has 1 aromatic rings. The van der Waals surface area contributed by atoms with Gasteiger partial charge in [0.1, 0.15) is 0 Å². The van der Waals surface area contributed by atoms with Gasteiger partial charge in [0.25, 0.3) is 0 Å². The fraction of sp³-hybridized carbons (Fsp3) is 0.533. The average molecular weight is 326 g/mol. The largest absolute Gasteiger partial charge is 0.398 e. The molecule has 1 rings (SSSR count). The van der Waals surface area contributed by atoms with Crippen LogP contribution in [-0.2, 0) is 10.0 Å². The molecule has 0 atom stereocenters. The standard InChI is InChI=1S/C15H26N4O2S/c1-12(2)22(20,21)19-9-5-3-4-8-18-14-6-7-15(17)13(10-14)11-16/h6-7,10-12,16,18-19H,3-5,8-9,17H2,1-2H3. The fourth-order valence-corrected chi connectivity index (χ4v) is 2.61. The minimum atomic E-state index is -3.14. The van der Waals surface area contributed by atoms with Gasteiger partial charge in [-0.2, -0.15) is 0 Å². The van der Waals surface area contributed by atoms with E-state index in [0.29, 0.717) is 17.8 Å². The average Bonchev–Trinajstić information content (AvgIpc) is 2.47. The van der Waals surface area contributed by atoms with Gasteiger partial charge in [-0.1, -0.05) is 6.42 Å². The zero-order valence-corrected chi connectivity index (χ0v) is 14.0. The monoisotopic (exact) mass is 326 g/mol. The third-order valence-corrected chi connectivity index (χ3v) is 5.20. The van der Waals surface area contributed by atoms with Crippen molar-refractivity contribution in [3.63, 3.8) is 0 Å². The molecule has 0 unspecified atom stereocenters. The Labute approximate surface area is 133 Å². The summed E-state index contributed by atoms with van der Waals surface area (Å²) in [5.41, 5.74) is 7.97. The number of hydrogen-bond donors (Lipinski definition) is 4. The quantitative estimate of drug-likeness (QED) is 0.300. The summed E-state index contributed by atoms with van der Waals surface area (Å²) in [6, 6.07) is 5.52. The third kappa shape index (κ3) is 6.03. The molecule has 5 N–H and O–H groups in total. The highest BCUT2D eigenvalue weighted by Gasteiger charge is 2.13. The molecule has 0 fully saturated rings. The van der Waals surface area contributed by atoms with Crippen molar-refractivity contribution in [1.82, 2.24) is 4.72 Å². The molecule has 0 saturated heterocycles. The first-order chi connectivity index (χ1) is 10.4. The lowest BCUT2D eigenvalue weighted by atomic mass is 10.1. The van der Waals surface area contributed by atoms with E-state index in [2.05, 4.69) is 10.0 Å². The molecule has 6 nitrogen and oxygen atoms in total. The lowest BCUT2D eigenvalue weighted by molar-refractivity contribution is 0.566. The van der Waals surface area contributed by atoms with E-state index in [4.69, 9.17) is 11.1 Å². The Morgan fingerprint density at radius 2 is 1.91 bits per heavy atom. The van der Waals surface area contributed by atoms with E-state index in [1.807, 2.05) is 12.1 Å². The van der Waals surface area contributed by atoms with Gasteiger partial charge in [0.2, 0.25) is 10.0 Å². The second-order valence-electron chi connectivity index (χ2n) is 5.46. The molecule has 0 amide bonds. The molecule has 0 heterocycles. The van der Waals surface area contributed by atoms with Crippen LogP contribution in [0.2, 0.25) is 0 Å². The van der Waals surface area contributed by atoms with E-state index in [-0.39, 0.29) is 5.25 Å². The Hall–Kier alpha value is -1.60. The number of sulfonamides is 1. The smallest absolute Gasteiger partial charge is 0.213 e. The molecule has 22 heavy (non-hydrogen) atoms. The molecule has 0 radical (unpaired) electrons. The maximum absolute atomic E-state index is 11.5. The van der Waals surface area contributed by atoms with Crippen LogP contribution in [0.25, 0.3) is 0 Å². The van der Waals surface area contributed by atoms with Crippen molar-refractivity contribution >= 4 is 27.6 Å². The summed E-state index contributed by atoms with van der Waals surface area (Å²) in [6.07, 6.45) is 3.95. The van der Waals surface area contributed by atoms with Crippen molar-refractivity contribution in [1.29, 1.82) is 5.41 Å². The van der Waals surface area contributed by atoms with Crippen LogP contribution in [0.4, 0.5) is 11.4 Å². The Bertz CT molecular complexity index is 585. The summed E-state index contributed by atoms with van der Waals surface area (Å²) in [4.78, 5) is 0. The Balaban J connectivity index is 2.20. The Morgan fingerprint density at radius 1 is 1.23 bits per heavy atom. The van der Waals surface area contributed by atoms with E-state index in [1.165, 1.54) is 6.21 Å². The molecule has 0 aliphatic rings. The summed E-state index contributed by atoms with van der Waals surface area (Å²) < 4.78 is 25.7. The van der Waals surface area contributed by atoms with E-state index in [9.17, 15) is 8.42 Å². The lowest BCUT2D eigenvalue weighted by Gasteiger charge is -2.10. The number of nitrogen functional groups attached to an aromatic ring is 1. The minimum absolute atomic E-state index is 0.386. The van der Waals surface area contributed by atoms with Gasteiger partial charge < -0.3 is 16.5 Å². The number of nitrogens with one attached hydrogen (secondary N) is 3. The zero-order chi connectivity index (χ0) is 16.6. The molecule has 124 valence electrons. The van der Waals surface area contributed by atoms with Gasteiger partial charge >= 0.3 is 0 Å². The first-order valence-electron chi connectivity index (χ1n) is 7.49. The topological polar surface area (TPSA) is 108 Å². The van der Waals surface area contributed by atoms with Crippen molar-refractivity contribution in [2.24, 2.45) is 0 Å². The lowest BCUT2D eigenvalue weighted by Crippen LogP contribution is -2.31. The molecule has 0 saturated carbocycles. The van der Waals surface area contributed by atoms with Gasteiger partial charge in [0.05, 0.1) is 5.25 Å². The van der Waals surface area contributed by atoms with Gasteiger partial charge in [0, 0.05) is 36.2 Å². The predicted molar refractivity (Wildman–Crippen MR) is 93.1 cm³/mol. The highest BCUT2D eigenvalue weighted by molar-refractivity contribution is 7.90. The Morgan fingerprint density at radius 3 is 2.55 bits per heavy atom. The van der Waals surface area contributed by atoms with Gasteiger partial charge in [-0.25, -0.2) is 13.1 Å². The first kappa shape index (κ1) is 18.4. The number of nitrogens with two attached hydrogens (primary N) is 1. The van der Waals surface area contributed by atoms with Gasteiger partial charge in [0.15, 0.2) is 0 Å². The third-order valence-electron chi connectivity index (χ3n) is 3.35. The molecule has 0 aromatic heterocycles. The number of rotatable bonds is 10. The molecule has 0 bridgehead atoms. The maximum atomic E-state index is 11.5. The van der Waals surface area contributed by atoms with Gasteiger partial charge in [-0.3, -0.25) is 0 Å². The van der Waals surface area contributed by atoms with E-state index < -0.39 is 10.0 Å². The second-order valence-corrected chi connectivity index (χ2v) is 7.79. The van der Waals surface area contributed by atoms with Crippen LogP contribution in [0.15, 0.2) is 18.2 Å². The van der Waals surface area contributed by atoms with Crippen molar-refractivity contribution in [3.05, 3.63) is 23.8 Å². The molecule has 0 aliphatic carbocycles. The molecular weight excluding hydrogens is 300 g/mol. The van der Waals surface area contributed by atoms with Crippen molar-refractivity contribution in [2.75, 3.05) is 24.1 Å². The zero-order valence-electron chi connectivity index (χ0n) is 13.2. The van der Waals surface area contributed by atoms with Crippen molar-refractivity contribution in [3.8, 4) is 0 Å². The van der Waals surface area contributed by atoms with E-state index >= 15 is 0 Å². The van der Waals surface area contributed by atoms with E-state index in [1.54, 1.807) is 19.9 Å². The van der Waals surface area contributed by atoms with Crippen molar-refractivity contribution < 1.29 is 8.42 Å². The van der Waals surface area contributed by atoms with Crippen LogP contribution < -0.4 is 15.8 Å². The second kappa shape index (κ2) is 8.75. The fourth-order valence-electron chi connectivity index (χ4n) is 1.85. The van der Waals surface area contributed by atoms with Crippen LogP contribution in [0.3, 0.4) is 0 Å². The number of benzene rings is 1. The minimum Gasteiger partial charge on any atom is -0.398 e. The summed E-state index contributed by atoms with van der Waals surface area (Å²) in [7, 11) is -3.14. The van der Waals surface area contributed by atoms with Crippen LogP contribution in [-0.4, -0.2) is 33.0 Å². The molecular formula is C15H26N4O2S. The number of anilines is 2. The van der Waals surface area contributed by atoms with Crippen LogP contribution in [0.5, 0.6) is 0 Å². The summed E-state index contributed by atoms with van der Waals surface area (Å²) in [5, 5.41) is 10.2. The molecule has 0 spiro atoms. The molecule has 1 aromatic carbocycles. The van der Waals surface area contributed by atoms with Crippen molar-refractivity contribution in [2.45, 2.75) is 38.4 Å². The SMILES string of the molecule is CC(C)S(=O)(=O)NCCCCCNc1ccc(N)c(C=N)c1. The predicted octanol–water partition coefficient (Wildman–Crippen LogP) is 2.18. The number of hydrogen-bond acceptors (Lipinski definition) is 5. The van der Waals surface area contributed by atoms with Crippen LogP contribution >= 0.6 is 0 Å². The van der Waals surface area contributed by atoms with Gasteiger partial charge in [-0.05, 0) is 44.9 Å². The normalized spacial score (nSPS) is 11.6. The summed E-state index contributed by atoms with van der Waals surface area (Å²) in [5.74, 6) is 0. The van der Waals surface area contributed by atoms with E-state index in [0.717, 1.165) is 31.5 Å². The van der Waals surface area contributed by atoms with Gasteiger partial charge in [-0.15, -0.1) is 0 Å². The molecule has 0 aliphatic heterocycles. The molecule has 7 heteroatoms. The highest BCUT2D eigenvalue weighted by Crippen LogP contribution is 2.16. The first-order valence-corrected chi connectivity index (χ1v) is 9.04. The number of unbranched alkanes of at least 4 members (excludes halogenated alkanes) is 2. The highest BCUT2D eigenvalue weighted by atomic mass is 32.2. The van der Waals surface area contributed by atoms with Crippen LogP contribution in [0.1, 0.15) is 38.7 Å². The maximum Gasteiger partial charge on any atom is 0.213 e. The Kier molecular flexibility index (Phi) is 7.34. The van der Waals surface area contributed by atoms with Crippen LogP contribution in [0, 0.1) is 5.41 Å². The summed E-state index contributed by atoms with van der Waals surface area (Å²) in [6.45, 7) is 4.63.